The Bertz CT molecular complexity index is 833. The van der Waals surface area contributed by atoms with Crippen molar-refractivity contribution in [3.05, 3.63) is 30.3 Å². The molecular formula is C20H32N2O6S3. The fourth-order valence-electron chi connectivity index (χ4n) is 2.06. The van der Waals surface area contributed by atoms with Crippen molar-refractivity contribution in [2.75, 3.05) is 11.5 Å². The summed E-state index contributed by atoms with van der Waals surface area (Å²) in [5.74, 6) is -0.871. The minimum atomic E-state index is -3.92. The lowest BCUT2D eigenvalue weighted by atomic mass is 10.2. The first-order valence-electron chi connectivity index (χ1n) is 9.64. The minimum absolute atomic E-state index is 0.0492. The third-order valence-corrected chi connectivity index (χ3v) is 7.25. The zero-order valence-corrected chi connectivity index (χ0v) is 21.2. The van der Waals surface area contributed by atoms with Crippen LogP contribution >= 0.6 is 21.6 Å². The van der Waals surface area contributed by atoms with Crippen LogP contribution in [0.15, 0.2) is 35.2 Å². The molecule has 0 unspecified atom stereocenters. The average Bonchev–Trinajstić information content (AvgIpc) is 2.61. The summed E-state index contributed by atoms with van der Waals surface area (Å²) >= 11 is 0. The zero-order valence-electron chi connectivity index (χ0n) is 18.7. The Hall–Kier alpha value is -1.27. The van der Waals surface area contributed by atoms with E-state index in [0.717, 1.165) is 0 Å². The van der Waals surface area contributed by atoms with Gasteiger partial charge in [-0.25, -0.2) is 8.42 Å². The molecule has 2 atom stereocenters. The van der Waals surface area contributed by atoms with E-state index >= 15 is 0 Å². The van der Waals surface area contributed by atoms with Gasteiger partial charge in [0, 0.05) is 11.5 Å². The van der Waals surface area contributed by atoms with Crippen molar-refractivity contribution in [2.24, 2.45) is 5.73 Å². The van der Waals surface area contributed by atoms with Gasteiger partial charge in [-0.15, -0.1) is 0 Å². The number of nitrogens with one attached hydrogen (secondary N) is 1. The highest BCUT2D eigenvalue weighted by Gasteiger charge is 2.30. The quantitative estimate of drug-likeness (QED) is 0.288. The van der Waals surface area contributed by atoms with E-state index in [2.05, 4.69) is 4.72 Å². The molecule has 0 aromatic heterocycles. The standard InChI is InChI=1S/C20H32N2O6S3/c1-19(2,3)27-17(23)15(21)12-29-30-13-16(18(24)28-20(4,5)6)22-31(25,26)14-10-8-7-9-11-14/h7-11,15-16,22H,12-13,21H2,1-6H3/t15-,16-/m0/s1. The Morgan fingerprint density at radius 2 is 1.42 bits per heavy atom. The molecule has 1 rings (SSSR count). The van der Waals surface area contributed by atoms with Crippen LogP contribution in [0.5, 0.6) is 0 Å². The molecule has 0 aliphatic rings. The van der Waals surface area contributed by atoms with E-state index in [0.29, 0.717) is 0 Å². The van der Waals surface area contributed by atoms with Gasteiger partial charge in [0.25, 0.3) is 0 Å². The molecule has 8 nitrogen and oxygen atoms in total. The summed E-state index contributed by atoms with van der Waals surface area (Å²) in [4.78, 5) is 24.6. The second kappa shape index (κ2) is 11.6. The SMILES string of the molecule is CC(C)(C)OC(=O)[C@H](CSSC[C@H](N)C(=O)OC(C)(C)C)NS(=O)(=O)c1ccccc1. The molecule has 11 heteroatoms. The Kier molecular flexibility index (Phi) is 10.3. The van der Waals surface area contributed by atoms with E-state index in [9.17, 15) is 18.0 Å². The van der Waals surface area contributed by atoms with Crippen LogP contribution in [-0.4, -0.2) is 55.1 Å². The molecule has 0 heterocycles. The highest BCUT2D eigenvalue weighted by atomic mass is 33.1. The topological polar surface area (TPSA) is 125 Å². The molecule has 176 valence electrons. The lowest BCUT2D eigenvalue weighted by Gasteiger charge is -2.24. The molecule has 0 radical (unpaired) electrons. The maximum absolute atomic E-state index is 12.7. The third-order valence-electron chi connectivity index (χ3n) is 3.32. The fourth-order valence-corrected chi connectivity index (χ4v) is 5.63. The molecule has 0 aliphatic carbocycles. The second-order valence-corrected chi connectivity index (χ2v) is 13.0. The molecule has 1 aromatic rings. The molecule has 0 amide bonds. The Morgan fingerprint density at radius 3 is 1.94 bits per heavy atom. The van der Waals surface area contributed by atoms with Crippen LogP contribution in [0.2, 0.25) is 0 Å². The monoisotopic (exact) mass is 492 g/mol. The Morgan fingerprint density at radius 1 is 0.935 bits per heavy atom. The van der Waals surface area contributed by atoms with E-state index in [1.165, 1.54) is 33.7 Å². The van der Waals surface area contributed by atoms with Crippen molar-refractivity contribution >= 4 is 43.5 Å². The van der Waals surface area contributed by atoms with E-state index in [1.54, 1.807) is 59.7 Å². The summed E-state index contributed by atoms with van der Waals surface area (Å²) in [6.45, 7) is 10.4. The van der Waals surface area contributed by atoms with Gasteiger partial charge in [-0.1, -0.05) is 39.8 Å². The summed E-state index contributed by atoms with van der Waals surface area (Å²) in [6.07, 6.45) is 0. The number of rotatable bonds is 10. The molecule has 1 aromatic carbocycles. The van der Waals surface area contributed by atoms with Crippen molar-refractivity contribution < 1.29 is 27.5 Å². The summed E-state index contributed by atoms with van der Waals surface area (Å²) in [5.41, 5.74) is 4.44. The summed E-state index contributed by atoms with van der Waals surface area (Å²) in [6, 6.07) is 5.83. The van der Waals surface area contributed by atoms with Crippen molar-refractivity contribution in [1.29, 1.82) is 0 Å². The zero-order chi connectivity index (χ0) is 23.9. The van der Waals surface area contributed by atoms with Crippen molar-refractivity contribution in [2.45, 2.75) is 69.7 Å². The van der Waals surface area contributed by atoms with Crippen molar-refractivity contribution in [3.63, 3.8) is 0 Å². The number of sulfonamides is 1. The van der Waals surface area contributed by atoms with Gasteiger partial charge in [0.1, 0.15) is 23.3 Å². The van der Waals surface area contributed by atoms with Crippen LogP contribution in [0.25, 0.3) is 0 Å². The lowest BCUT2D eigenvalue weighted by molar-refractivity contribution is -0.157. The molecule has 0 saturated heterocycles. The molecule has 31 heavy (non-hydrogen) atoms. The van der Waals surface area contributed by atoms with Gasteiger partial charge < -0.3 is 15.2 Å². The van der Waals surface area contributed by atoms with Crippen LogP contribution in [0, 0.1) is 0 Å². The van der Waals surface area contributed by atoms with Gasteiger partial charge in [-0.05, 0) is 53.7 Å². The first-order valence-corrected chi connectivity index (χ1v) is 13.6. The van der Waals surface area contributed by atoms with Crippen LogP contribution in [0.3, 0.4) is 0 Å². The van der Waals surface area contributed by atoms with Crippen molar-refractivity contribution in [1.82, 2.24) is 4.72 Å². The normalized spacial score (nSPS) is 14.5. The predicted molar refractivity (Wildman–Crippen MR) is 125 cm³/mol. The number of hydrogen-bond donors (Lipinski definition) is 2. The predicted octanol–water partition coefficient (Wildman–Crippen LogP) is 2.73. The third kappa shape index (κ3) is 11.2. The maximum atomic E-state index is 12.7. The number of carbonyl (C=O) groups is 2. The highest BCUT2D eigenvalue weighted by Crippen LogP contribution is 2.25. The molecule has 0 spiro atoms. The minimum Gasteiger partial charge on any atom is -0.459 e. The van der Waals surface area contributed by atoms with Gasteiger partial charge in [0.2, 0.25) is 10.0 Å². The molecule has 0 bridgehead atoms. The number of esters is 2. The van der Waals surface area contributed by atoms with Crippen LogP contribution in [-0.2, 0) is 29.1 Å². The van der Waals surface area contributed by atoms with Gasteiger partial charge >= 0.3 is 11.9 Å². The number of ether oxygens (including phenoxy) is 2. The van der Waals surface area contributed by atoms with Crippen LogP contribution in [0.4, 0.5) is 0 Å². The summed E-state index contributed by atoms with van der Waals surface area (Å²) in [5, 5.41) is 0. The molecular weight excluding hydrogens is 460 g/mol. The van der Waals surface area contributed by atoms with Crippen LogP contribution in [0.1, 0.15) is 41.5 Å². The smallest absolute Gasteiger partial charge is 0.325 e. The number of hydrogen-bond acceptors (Lipinski definition) is 9. The molecule has 3 N–H and O–H groups in total. The second-order valence-electron chi connectivity index (χ2n) is 8.73. The van der Waals surface area contributed by atoms with Gasteiger partial charge in [0.05, 0.1) is 4.90 Å². The van der Waals surface area contributed by atoms with Gasteiger partial charge in [-0.3, -0.25) is 9.59 Å². The lowest BCUT2D eigenvalue weighted by Crippen LogP contribution is -2.45. The van der Waals surface area contributed by atoms with E-state index in [4.69, 9.17) is 15.2 Å². The number of carbonyl (C=O) groups excluding carboxylic acids is 2. The maximum Gasteiger partial charge on any atom is 0.325 e. The fraction of sp³-hybridized carbons (Fsp3) is 0.600. The molecule has 0 fully saturated rings. The van der Waals surface area contributed by atoms with Gasteiger partial charge in [-0.2, -0.15) is 4.72 Å². The first kappa shape index (κ1) is 27.8. The summed E-state index contributed by atoms with van der Waals surface area (Å²) in [7, 11) is -1.45. The van der Waals surface area contributed by atoms with Crippen LogP contribution < -0.4 is 10.5 Å². The Labute approximate surface area is 192 Å². The number of benzene rings is 1. The van der Waals surface area contributed by atoms with Crippen molar-refractivity contribution in [3.8, 4) is 0 Å². The summed E-state index contributed by atoms with van der Waals surface area (Å²) < 4.78 is 38.3. The average molecular weight is 493 g/mol. The van der Waals surface area contributed by atoms with E-state index in [1.807, 2.05) is 0 Å². The molecule has 0 saturated carbocycles. The largest absolute Gasteiger partial charge is 0.459 e. The Balaban J connectivity index is 2.75. The van der Waals surface area contributed by atoms with E-state index < -0.39 is 45.2 Å². The van der Waals surface area contributed by atoms with E-state index in [-0.39, 0.29) is 16.4 Å². The highest BCUT2D eigenvalue weighted by molar-refractivity contribution is 8.76. The van der Waals surface area contributed by atoms with Gasteiger partial charge in [0.15, 0.2) is 0 Å². The first-order chi connectivity index (χ1) is 14.1. The number of nitrogens with two attached hydrogens (primary N) is 1. The molecule has 0 aliphatic heterocycles.